The van der Waals surface area contributed by atoms with E-state index in [9.17, 15) is 4.79 Å². The van der Waals surface area contributed by atoms with E-state index in [4.69, 9.17) is 9.84 Å². The third-order valence-electron chi connectivity index (χ3n) is 2.41. The lowest BCUT2D eigenvalue weighted by Gasteiger charge is -2.18. The van der Waals surface area contributed by atoms with Crippen molar-refractivity contribution in [3.8, 4) is 5.75 Å². The van der Waals surface area contributed by atoms with Crippen LogP contribution in [0.1, 0.15) is 12.5 Å². The molecule has 0 bridgehead atoms. The number of carboxylic acids is 1. The van der Waals surface area contributed by atoms with Crippen LogP contribution in [0.4, 0.5) is 5.69 Å². The quantitative estimate of drug-likeness (QED) is 0.766. The normalized spacial score (nSPS) is 10.2. The van der Waals surface area contributed by atoms with Crippen molar-refractivity contribution in [2.75, 3.05) is 32.1 Å². The number of ether oxygens (including phenoxy) is 1. The van der Waals surface area contributed by atoms with Gasteiger partial charge in [-0.25, -0.2) is 0 Å². The number of aliphatic carboxylic acids is 1. The van der Waals surface area contributed by atoms with Crippen molar-refractivity contribution in [3.05, 3.63) is 23.8 Å². The Morgan fingerprint density at radius 3 is 2.72 bits per heavy atom. The third kappa shape index (κ3) is 4.25. The number of hydrogen-bond donors (Lipinski definition) is 2. The average molecular weight is 252 g/mol. The molecule has 0 fully saturated rings. The summed E-state index contributed by atoms with van der Waals surface area (Å²) in [7, 11) is 3.92. The summed E-state index contributed by atoms with van der Waals surface area (Å²) in [4.78, 5) is 12.4. The molecule has 0 aliphatic heterocycles. The minimum absolute atomic E-state index is 0.0423. The highest BCUT2D eigenvalue weighted by atomic mass is 16.5. The third-order valence-corrected chi connectivity index (χ3v) is 2.41. The molecule has 1 aromatic rings. The molecule has 5 nitrogen and oxygen atoms in total. The van der Waals surface area contributed by atoms with Gasteiger partial charge in [0.2, 0.25) is 0 Å². The molecule has 0 radical (unpaired) electrons. The summed E-state index contributed by atoms with van der Waals surface area (Å²) in [6, 6.07) is 5.88. The average Bonchev–Trinajstić information content (AvgIpc) is 2.29. The summed E-state index contributed by atoms with van der Waals surface area (Å²) < 4.78 is 5.58. The van der Waals surface area contributed by atoms with E-state index in [1.165, 1.54) is 0 Å². The highest BCUT2D eigenvalue weighted by Crippen LogP contribution is 2.28. The Balaban J connectivity index is 2.76. The van der Waals surface area contributed by atoms with Crippen LogP contribution < -0.4 is 15.0 Å². The molecule has 0 spiro atoms. The summed E-state index contributed by atoms with van der Waals surface area (Å²) in [6.45, 7) is 3.02. The second kappa shape index (κ2) is 6.86. The van der Waals surface area contributed by atoms with Crippen molar-refractivity contribution < 1.29 is 14.6 Å². The van der Waals surface area contributed by atoms with Gasteiger partial charge in [-0.1, -0.05) is 6.07 Å². The zero-order valence-corrected chi connectivity index (χ0v) is 11.1. The van der Waals surface area contributed by atoms with Gasteiger partial charge in [-0.05, 0) is 24.6 Å². The zero-order chi connectivity index (χ0) is 13.5. The number of nitrogens with one attached hydrogen (secondary N) is 1. The van der Waals surface area contributed by atoms with Crippen molar-refractivity contribution >= 4 is 11.7 Å². The summed E-state index contributed by atoms with van der Waals surface area (Å²) in [5, 5.41) is 11.4. The van der Waals surface area contributed by atoms with Gasteiger partial charge in [0.25, 0.3) is 0 Å². The Morgan fingerprint density at radius 2 is 2.17 bits per heavy atom. The zero-order valence-electron chi connectivity index (χ0n) is 11.1. The van der Waals surface area contributed by atoms with Crippen LogP contribution in [0.2, 0.25) is 0 Å². The molecule has 0 aromatic heterocycles. The monoisotopic (exact) mass is 252 g/mol. The summed E-state index contributed by atoms with van der Waals surface area (Å²) >= 11 is 0. The molecule has 0 aliphatic carbocycles. The van der Waals surface area contributed by atoms with Crippen LogP contribution in [0.15, 0.2) is 18.2 Å². The predicted octanol–water partition coefficient (Wildman–Crippen LogP) is 1.33. The molecule has 0 aliphatic rings. The Kier molecular flexibility index (Phi) is 5.45. The first-order valence-electron chi connectivity index (χ1n) is 5.90. The van der Waals surface area contributed by atoms with Crippen LogP contribution >= 0.6 is 0 Å². The van der Waals surface area contributed by atoms with Crippen molar-refractivity contribution in [1.29, 1.82) is 0 Å². The predicted molar refractivity (Wildman–Crippen MR) is 71.3 cm³/mol. The van der Waals surface area contributed by atoms with Gasteiger partial charge in [-0.2, -0.15) is 0 Å². The van der Waals surface area contributed by atoms with Crippen molar-refractivity contribution in [1.82, 2.24) is 5.32 Å². The number of benzene rings is 1. The molecule has 100 valence electrons. The maximum atomic E-state index is 10.4. The minimum Gasteiger partial charge on any atom is -0.492 e. The second-order valence-electron chi connectivity index (χ2n) is 4.13. The van der Waals surface area contributed by atoms with Crippen LogP contribution in [0.25, 0.3) is 0 Å². The molecule has 0 atom stereocenters. The fourth-order valence-corrected chi connectivity index (χ4v) is 1.62. The molecule has 0 saturated heterocycles. The Hall–Kier alpha value is -1.75. The second-order valence-corrected chi connectivity index (χ2v) is 4.13. The van der Waals surface area contributed by atoms with Gasteiger partial charge in [-0.3, -0.25) is 4.79 Å². The highest BCUT2D eigenvalue weighted by molar-refractivity contribution is 5.69. The van der Waals surface area contributed by atoms with E-state index in [-0.39, 0.29) is 6.54 Å². The molecule has 18 heavy (non-hydrogen) atoms. The summed E-state index contributed by atoms with van der Waals surface area (Å²) in [5.74, 6) is -0.0398. The fraction of sp³-hybridized carbons (Fsp3) is 0.462. The van der Waals surface area contributed by atoms with Gasteiger partial charge in [0.1, 0.15) is 5.75 Å². The first kappa shape index (κ1) is 14.3. The number of carboxylic acid groups (broad SMARTS) is 1. The van der Waals surface area contributed by atoms with E-state index in [1.807, 2.05) is 44.1 Å². The van der Waals surface area contributed by atoms with E-state index in [2.05, 4.69) is 5.32 Å². The van der Waals surface area contributed by atoms with Crippen LogP contribution in [-0.4, -0.2) is 38.3 Å². The SMILES string of the molecule is CCOc1cc(CNCC(=O)O)ccc1N(C)C. The standard InChI is InChI=1S/C13H20N2O3/c1-4-18-12-7-10(8-14-9-13(16)17)5-6-11(12)15(2)3/h5-7,14H,4,8-9H2,1-3H3,(H,16,17). The van der Waals surface area contributed by atoms with E-state index in [1.54, 1.807) is 0 Å². The molecule has 2 N–H and O–H groups in total. The lowest BCUT2D eigenvalue weighted by atomic mass is 10.1. The maximum Gasteiger partial charge on any atom is 0.317 e. The number of rotatable bonds is 7. The van der Waals surface area contributed by atoms with Gasteiger partial charge in [0.05, 0.1) is 18.8 Å². The van der Waals surface area contributed by atoms with Gasteiger partial charge >= 0.3 is 5.97 Å². The number of hydrogen-bond acceptors (Lipinski definition) is 4. The number of carbonyl (C=O) groups is 1. The van der Waals surface area contributed by atoms with E-state index in [0.717, 1.165) is 17.0 Å². The van der Waals surface area contributed by atoms with Crippen LogP contribution in [-0.2, 0) is 11.3 Å². The van der Waals surface area contributed by atoms with E-state index >= 15 is 0 Å². The topological polar surface area (TPSA) is 61.8 Å². The van der Waals surface area contributed by atoms with Gasteiger partial charge < -0.3 is 20.1 Å². The maximum absolute atomic E-state index is 10.4. The first-order chi connectivity index (χ1) is 8.54. The van der Waals surface area contributed by atoms with Gasteiger partial charge in [0, 0.05) is 20.6 Å². The molecule has 0 amide bonds. The molecule has 0 heterocycles. The first-order valence-corrected chi connectivity index (χ1v) is 5.90. The highest BCUT2D eigenvalue weighted by Gasteiger charge is 2.07. The van der Waals surface area contributed by atoms with E-state index < -0.39 is 5.97 Å². The minimum atomic E-state index is -0.857. The smallest absolute Gasteiger partial charge is 0.317 e. The largest absolute Gasteiger partial charge is 0.492 e. The molecular formula is C13H20N2O3. The van der Waals surface area contributed by atoms with E-state index in [0.29, 0.717) is 13.2 Å². The van der Waals surface area contributed by atoms with Gasteiger partial charge in [0.15, 0.2) is 0 Å². The molecule has 1 rings (SSSR count). The Morgan fingerprint density at radius 1 is 1.44 bits per heavy atom. The van der Waals surface area contributed by atoms with Crippen molar-refractivity contribution in [2.24, 2.45) is 0 Å². The van der Waals surface area contributed by atoms with Crippen molar-refractivity contribution in [2.45, 2.75) is 13.5 Å². The molecule has 5 heteroatoms. The van der Waals surface area contributed by atoms with Gasteiger partial charge in [-0.15, -0.1) is 0 Å². The van der Waals surface area contributed by atoms with Crippen molar-refractivity contribution in [3.63, 3.8) is 0 Å². The molecule has 1 aromatic carbocycles. The molecule has 0 unspecified atom stereocenters. The number of anilines is 1. The van der Waals surface area contributed by atoms with Crippen LogP contribution in [0, 0.1) is 0 Å². The molecule has 0 saturated carbocycles. The molecular weight excluding hydrogens is 232 g/mol. The Labute approximate surface area is 107 Å². The van der Waals surface area contributed by atoms with Crippen LogP contribution in [0.5, 0.6) is 5.75 Å². The summed E-state index contributed by atoms with van der Waals surface area (Å²) in [5.41, 5.74) is 2.02. The lowest BCUT2D eigenvalue weighted by molar-refractivity contribution is -0.135. The van der Waals surface area contributed by atoms with Crippen LogP contribution in [0.3, 0.4) is 0 Å². The Bertz CT molecular complexity index is 405. The number of nitrogens with zero attached hydrogens (tertiary/aromatic N) is 1. The summed E-state index contributed by atoms with van der Waals surface area (Å²) in [6.07, 6.45) is 0. The lowest BCUT2D eigenvalue weighted by Crippen LogP contribution is -2.22. The fourth-order valence-electron chi connectivity index (χ4n) is 1.62.